The molecule has 0 bridgehead atoms. The van der Waals surface area contributed by atoms with Crippen LogP contribution in [0.4, 0.5) is 4.39 Å². The minimum atomic E-state index is -0.168. The summed E-state index contributed by atoms with van der Waals surface area (Å²) in [6.45, 7) is 5.20. The van der Waals surface area contributed by atoms with Gasteiger partial charge in [0.2, 0.25) is 5.91 Å². The molecule has 1 aliphatic rings. The molecule has 0 radical (unpaired) electrons. The Morgan fingerprint density at radius 3 is 2.71 bits per heavy atom. The third kappa shape index (κ3) is 4.79. The number of likely N-dealkylation sites (tertiary alicyclic amines) is 1. The number of hydrogen-bond acceptors (Lipinski definition) is 3. The fourth-order valence-electron chi connectivity index (χ4n) is 2.72. The molecule has 0 unspecified atom stereocenters. The van der Waals surface area contributed by atoms with Gasteiger partial charge in [0.15, 0.2) is 0 Å². The third-order valence-electron chi connectivity index (χ3n) is 4.09. The summed E-state index contributed by atoms with van der Waals surface area (Å²) in [5, 5.41) is 2.87. The molecule has 0 spiro atoms. The number of benzene rings is 1. The highest BCUT2D eigenvalue weighted by Crippen LogP contribution is 2.20. The second-order valence-corrected chi connectivity index (χ2v) is 5.79. The topological polar surface area (TPSA) is 58.4 Å². The van der Waals surface area contributed by atoms with Crippen LogP contribution in [0.15, 0.2) is 18.2 Å². The lowest BCUT2D eigenvalue weighted by atomic mass is 9.96. The van der Waals surface area contributed by atoms with Crippen LogP contribution in [-0.2, 0) is 17.9 Å². The van der Waals surface area contributed by atoms with Gasteiger partial charge in [-0.2, -0.15) is 0 Å². The predicted octanol–water partition coefficient (Wildman–Crippen LogP) is 1.63. The highest BCUT2D eigenvalue weighted by atomic mass is 19.1. The Kier molecular flexibility index (Phi) is 5.70. The summed E-state index contributed by atoms with van der Waals surface area (Å²) in [5.41, 5.74) is 7.06. The summed E-state index contributed by atoms with van der Waals surface area (Å²) in [7, 11) is 0. The number of nitrogens with zero attached hydrogens (tertiary/aromatic N) is 1. The smallest absolute Gasteiger partial charge is 0.216 e. The van der Waals surface area contributed by atoms with E-state index in [9.17, 15) is 9.18 Å². The van der Waals surface area contributed by atoms with Crippen molar-refractivity contribution in [2.45, 2.75) is 32.9 Å². The first kappa shape index (κ1) is 15.9. The van der Waals surface area contributed by atoms with Crippen molar-refractivity contribution in [3.05, 3.63) is 35.1 Å². The first-order valence-electron chi connectivity index (χ1n) is 7.52. The van der Waals surface area contributed by atoms with Crippen LogP contribution in [0, 0.1) is 11.7 Å². The van der Waals surface area contributed by atoms with Gasteiger partial charge in [-0.3, -0.25) is 9.69 Å². The molecule has 1 aromatic carbocycles. The van der Waals surface area contributed by atoms with E-state index in [1.54, 1.807) is 6.92 Å². The van der Waals surface area contributed by atoms with Crippen LogP contribution in [-0.4, -0.2) is 30.4 Å². The molecule has 0 atom stereocenters. The Hall–Kier alpha value is -1.46. The number of halogens is 1. The van der Waals surface area contributed by atoms with Crippen molar-refractivity contribution in [1.82, 2.24) is 10.2 Å². The zero-order valence-electron chi connectivity index (χ0n) is 12.6. The molecule has 1 aromatic rings. The summed E-state index contributed by atoms with van der Waals surface area (Å²) >= 11 is 0. The van der Waals surface area contributed by atoms with Crippen molar-refractivity contribution in [1.29, 1.82) is 0 Å². The van der Waals surface area contributed by atoms with Crippen LogP contribution in [0.25, 0.3) is 0 Å². The Balaban J connectivity index is 1.82. The highest BCUT2D eigenvalue weighted by Gasteiger charge is 2.20. The molecule has 1 amide bonds. The van der Waals surface area contributed by atoms with Gasteiger partial charge in [-0.05, 0) is 43.5 Å². The van der Waals surface area contributed by atoms with Gasteiger partial charge in [0.25, 0.3) is 0 Å². The van der Waals surface area contributed by atoms with Crippen LogP contribution < -0.4 is 11.1 Å². The van der Waals surface area contributed by atoms with Gasteiger partial charge < -0.3 is 11.1 Å². The van der Waals surface area contributed by atoms with Crippen molar-refractivity contribution < 1.29 is 9.18 Å². The average molecular weight is 293 g/mol. The number of amides is 1. The van der Waals surface area contributed by atoms with Gasteiger partial charge in [-0.1, -0.05) is 12.1 Å². The predicted molar refractivity (Wildman–Crippen MR) is 81.0 cm³/mol. The van der Waals surface area contributed by atoms with E-state index >= 15 is 0 Å². The summed E-state index contributed by atoms with van der Waals surface area (Å²) in [5.74, 6) is 0.396. The van der Waals surface area contributed by atoms with E-state index in [1.807, 2.05) is 12.1 Å². The standard InChI is InChI=1S/C16H24FN3O/c1-12(21)19-10-13-4-6-20(7-5-13)11-15-3-2-14(9-18)8-16(15)17/h2-3,8,13H,4-7,9-11,18H2,1H3,(H,19,21). The number of nitrogens with one attached hydrogen (secondary N) is 1. The number of hydrogen-bond donors (Lipinski definition) is 2. The maximum Gasteiger partial charge on any atom is 0.216 e. The Morgan fingerprint density at radius 2 is 2.14 bits per heavy atom. The summed E-state index contributed by atoms with van der Waals surface area (Å²) in [6.07, 6.45) is 2.09. The normalized spacial score (nSPS) is 16.9. The van der Waals surface area contributed by atoms with E-state index in [4.69, 9.17) is 5.73 Å². The zero-order chi connectivity index (χ0) is 15.2. The van der Waals surface area contributed by atoms with Gasteiger partial charge in [-0.25, -0.2) is 4.39 Å². The van der Waals surface area contributed by atoms with Crippen LogP contribution in [0.5, 0.6) is 0 Å². The van der Waals surface area contributed by atoms with Crippen LogP contribution in [0.2, 0.25) is 0 Å². The first-order chi connectivity index (χ1) is 10.1. The average Bonchev–Trinajstić information content (AvgIpc) is 2.48. The van der Waals surface area contributed by atoms with Crippen molar-refractivity contribution in [3.8, 4) is 0 Å². The van der Waals surface area contributed by atoms with E-state index in [-0.39, 0.29) is 11.7 Å². The molecule has 2 rings (SSSR count). The lowest BCUT2D eigenvalue weighted by Gasteiger charge is -2.32. The van der Waals surface area contributed by atoms with Gasteiger partial charge in [-0.15, -0.1) is 0 Å². The molecular weight excluding hydrogens is 269 g/mol. The lowest BCUT2D eigenvalue weighted by Crippen LogP contribution is -2.38. The van der Waals surface area contributed by atoms with Gasteiger partial charge in [0.05, 0.1) is 0 Å². The second-order valence-electron chi connectivity index (χ2n) is 5.79. The Labute approximate surface area is 125 Å². The molecule has 116 valence electrons. The van der Waals surface area contributed by atoms with Crippen LogP contribution in [0.3, 0.4) is 0 Å². The second kappa shape index (κ2) is 7.52. The first-order valence-corrected chi connectivity index (χ1v) is 7.52. The van der Waals surface area contributed by atoms with Crippen molar-refractivity contribution in [2.75, 3.05) is 19.6 Å². The fraction of sp³-hybridized carbons (Fsp3) is 0.562. The minimum Gasteiger partial charge on any atom is -0.356 e. The maximum atomic E-state index is 13.9. The lowest BCUT2D eigenvalue weighted by molar-refractivity contribution is -0.119. The van der Waals surface area contributed by atoms with E-state index in [2.05, 4.69) is 10.2 Å². The van der Waals surface area contributed by atoms with Crippen LogP contribution in [0.1, 0.15) is 30.9 Å². The molecule has 4 nitrogen and oxygen atoms in total. The van der Waals surface area contributed by atoms with Gasteiger partial charge >= 0.3 is 0 Å². The molecular formula is C16H24FN3O. The molecule has 1 saturated heterocycles. The van der Waals surface area contributed by atoms with Crippen LogP contribution >= 0.6 is 0 Å². The number of nitrogens with two attached hydrogens (primary N) is 1. The molecule has 0 aromatic heterocycles. The summed E-state index contributed by atoms with van der Waals surface area (Å²) in [4.78, 5) is 13.2. The quantitative estimate of drug-likeness (QED) is 0.867. The van der Waals surface area contributed by atoms with Crippen molar-refractivity contribution in [3.63, 3.8) is 0 Å². The summed E-state index contributed by atoms with van der Waals surface area (Å²) in [6, 6.07) is 5.25. The van der Waals surface area contributed by atoms with E-state index in [0.29, 0.717) is 19.0 Å². The Bertz CT molecular complexity index is 484. The Morgan fingerprint density at radius 1 is 1.43 bits per heavy atom. The van der Waals surface area contributed by atoms with Crippen molar-refractivity contribution >= 4 is 5.91 Å². The van der Waals surface area contributed by atoms with Crippen molar-refractivity contribution in [2.24, 2.45) is 11.7 Å². The zero-order valence-corrected chi connectivity index (χ0v) is 12.6. The van der Waals surface area contributed by atoms with E-state index < -0.39 is 0 Å². The largest absolute Gasteiger partial charge is 0.356 e. The highest BCUT2D eigenvalue weighted by molar-refractivity contribution is 5.72. The minimum absolute atomic E-state index is 0.0273. The fourth-order valence-corrected chi connectivity index (χ4v) is 2.72. The molecule has 5 heteroatoms. The van der Waals surface area contributed by atoms with E-state index in [1.165, 1.54) is 6.07 Å². The van der Waals surface area contributed by atoms with E-state index in [0.717, 1.165) is 43.6 Å². The molecule has 1 aliphatic heterocycles. The monoisotopic (exact) mass is 293 g/mol. The molecule has 3 N–H and O–H groups in total. The molecule has 1 fully saturated rings. The number of carbonyl (C=O) groups excluding carboxylic acids is 1. The number of rotatable bonds is 5. The third-order valence-corrected chi connectivity index (χ3v) is 4.09. The SMILES string of the molecule is CC(=O)NCC1CCN(Cc2ccc(CN)cc2F)CC1. The molecule has 0 aliphatic carbocycles. The molecule has 1 heterocycles. The van der Waals surface area contributed by atoms with Gasteiger partial charge in [0.1, 0.15) is 5.82 Å². The number of carbonyl (C=O) groups is 1. The van der Waals surface area contributed by atoms with Gasteiger partial charge in [0, 0.05) is 32.1 Å². The maximum absolute atomic E-state index is 13.9. The summed E-state index contributed by atoms with van der Waals surface area (Å²) < 4.78 is 13.9. The molecule has 21 heavy (non-hydrogen) atoms. The molecule has 0 saturated carbocycles. The number of piperidine rings is 1.